The monoisotopic (exact) mass is 280 g/mol. The molecule has 0 aliphatic heterocycles. The molecule has 0 bridgehead atoms. The first-order valence-corrected chi connectivity index (χ1v) is 7.93. The zero-order chi connectivity index (χ0) is 14.3. The van der Waals surface area contributed by atoms with Gasteiger partial charge < -0.3 is 4.74 Å². The summed E-state index contributed by atoms with van der Waals surface area (Å²) in [5.41, 5.74) is 2.81. The number of hydrogen-bond donors (Lipinski definition) is 1. The highest BCUT2D eigenvalue weighted by Crippen LogP contribution is 2.27. The average Bonchev–Trinajstić information content (AvgIpc) is 2.34. The first-order chi connectivity index (χ1) is 8.95. The highest BCUT2D eigenvalue weighted by atomic mass is 32.1. The van der Waals surface area contributed by atoms with Crippen molar-refractivity contribution in [3.05, 3.63) is 29.3 Å². The number of hydrogen-bond acceptors (Lipinski definition) is 2. The first kappa shape index (κ1) is 16.4. The van der Waals surface area contributed by atoms with E-state index < -0.39 is 0 Å². The topological polar surface area (TPSA) is 9.23 Å². The third-order valence-corrected chi connectivity index (χ3v) is 3.67. The molecule has 1 aromatic rings. The van der Waals surface area contributed by atoms with Crippen LogP contribution in [-0.2, 0) is 5.41 Å². The zero-order valence-corrected chi connectivity index (χ0v) is 13.7. The predicted molar refractivity (Wildman–Crippen MR) is 87.7 cm³/mol. The minimum atomic E-state index is 0.205. The lowest BCUT2D eigenvalue weighted by atomic mass is 9.86. The fourth-order valence-electron chi connectivity index (χ4n) is 2.03. The van der Waals surface area contributed by atoms with Crippen LogP contribution in [0, 0.1) is 6.92 Å². The Hall–Kier alpha value is -0.630. The average molecular weight is 280 g/mol. The number of thiol groups is 1. The van der Waals surface area contributed by atoms with Crippen molar-refractivity contribution in [2.24, 2.45) is 0 Å². The maximum atomic E-state index is 5.87. The van der Waals surface area contributed by atoms with Crippen molar-refractivity contribution in [1.82, 2.24) is 0 Å². The second-order valence-electron chi connectivity index (χ2n) is 6.22. The molecular weight excluding hydrogens is 252 g/mol. The van der Waals surface area contributed by atoms with Gasteiger partial charge in [0.2, 0.25) is 0 Å². The first-order valence-electron chi connectivity index (χ1n) is 7.30. The van der Waals surface area contributed by atoms with E-state index in [1.54, 1.807) is 0 Å². The van der Waals surface area contributed by atoms with Crippen LogP contribution in [0.2, 0.25) is 0 Å². The Morgan fingerprint density at radius 2 is 1.74 bits per heavy atom. The van der Waals surface area contributed by atoms with Crippen molar-refractivity contribution in [2.45, 2.75) is 58.8 Å². The molecule has 0 aliphatic carbocycles. The number of ether oxygens (including phenoxy) is 1. The van der Waals surface area contributed by atoms with Crippen LogP contribution in [0.4, 0.5) is 0 Å². The van der Waals surface area contributed by atoms with Gasteiger partial charge in [-0.3, -0.25) is 0 Å². The van der Waals surface area contributed by atoms with Gasteiger partial charge in [0.1, 0.15) is 5.75 Å². The molecule has 0 atom stereocenters. The number of aryl methyl sites for hydroxylation is 1. The molecule has 1 aromatic carbocycles. The fourth-order valence-corrected chi connectivity index (χ4v) is 2.25. The highest BCUT2D eigenvalue weighted by Gasteiger charge is 2.14. The van der Waals surface area contributed by atoms with Crippen molar-refractivity contribution >= 4 is 12.6 Å². The van der Waals surface area contributed by atoms with E-state index in [9.17, 15) is 0 Å². The lowest BCUT2D eigenvalue weighted by Crippen LogP contribution is -2.11. The van der Waals surface area contributed by atoms with Gasteiger partial charge in [0.25, 0.3) is 0 Å². The lowest BCUT2D eigenvalue weighted by molar-refractivity contribution is 0.303. The molecule has 1 nitrogen and oxygen atoms in total. The molecule has 0 N–H and O–H groups in total. The van der Waals surface area contributed by atoms with E-state index in [1.165, 1.54) is 30.4 Å². The predicted octanol–water partition coefficient (Wildman–Crippen LogP) is 5.16. The Morgan fingerprint density at radius 3 is 2.32 bits per heavy atom. The van der Waals surface area contributed by atoms with Gasteiger partial charge in [-0.1, -0.05) is 45.7 Å². The summed E-state index contributed by atoms with van der Waals surface area (Å²) in [7, 11) is 0. The largest absolute Gasteiger partial charge is 0.493 e. The molecule has 0 aliphatic rings. The molecule has 0 spiro atoms. The Bertz CT molecular complexity index is 379. The van der Waals surface area contributed by atoms with Gasteiger partial charge in [-0.05, 0) is 48.1 Å². The number of rotatable bonds is 7. The summed E-state index contributed by atoms with van der Waals surface area (Å²) in [6.45, 7) is 9.67. The molecule has 0 amide bonds. The summed E-state index contributed by atoms with van der Waals surface area (Å²) < 4.78 is 5.87. The van der Waals surface area contributed by atoms with E-state index in [1.807, 2.05) is 0 Å². The SMILES string of the molecule is Cc1cc(C(C)(C)C)ccc1OCCCCCCS. The summed E-state index contributed by atoms with van der Waals surface area (Å²) in [5.74, 6) is 2.02. The van der Waals surface area contributed by atoms with Crippen LogP contribution in [0.3, 0.4) is 0 Å². The lowest BCUT2D eigenvalue weighted by Gasteiger charge is -2.20. The summed E-state index contributed by atoms with van der Waals surface area (Å²) in [5, 5.41) is 0. The Morgan fingerprint density at radius 1 is 1.05 bits per heavy atom. The van der Waals surface area contributed by atoms with Crippen molar-refractivity contribution in [1.29, 1.82) is 0 Å². The van der Waals surface area contributed by atoms with Crippen LogP contribution in [0.15, 0.2) is 18.2 Å². The second kappa shape index (κ2) is 7.84. The van der Waals surface area contributed by atoms with E-state index in [-0.39, 0.29) is 5.41 Å². The van der Waals surface area contributed by atoms with Crippen molar-refractivity contribution < 1.29 is 4.74 Å². The standard InChI is InChI=1S/C17H28OS/c1-14-13-15(17(2,3)4)9-10-16(14)18-11-7-5-6-8-12-19/h9-10,13,19H,5-8,11-12H2,1-4H3. The molecule has 0 radical (unpaired) electrons. The normalized spacial score (nSPS) is 11.6. The van der Waals surface area contributed by atoms with Gasteiger partial charge in [0.05, 0.1) is 6.61 Å². The highest BCUT2D eigenvalue weighted by molar-refractivity contribution is 7.80. The van der Waals surface area contributed by atoms with Gasteiger partial charge in [0.15, 0.2) is 0 Å². The van der Waals surface area contributed by atoms with Crippen LogP contribution in [0.5, 0.6) is 5.75 Å². The molecule has 1 rings (SSSR count). The summed E-state index contributed by atoms with van der Waals surface area (Å²) in [4.78, 5) is 0. The second-order valence-corrected chi connectivity index (χ2v) is 6.66. The van der Waals surface area contributed by atoms with Crippen molar-refractivity contribution in [2.75, 3.05) is 12.4 Å². The molecule has 108 valence electrons. The summed E-state index contributed by atoms with van der Waals surface area (Å²) in [6.07, 6.45) is 4.84. The summed E-state index contributed by atoms with van der Waals surface area (Å²) in [6, 6.07) is 6.54. The van der Waals surface area contributed by atoms with E-state index in [2.05, 4.69) is 58.5 Å². The van der Waals surface area contributed by atoms with Gasteiger partial charge in [-0.25, -0.2) is 0 Å². The van der Waals surface area contributed by atoms with E-state index >= 15 is 0 Å². The molecule has 0 saturated carbocycles. The number of benzene rings is 1. The van der Waals surface area contributed by atoms with Crippen molar-refractivity contribution in [3.8, 4) is 5.75 Å². The third-order valence-electron chi connectivity index (χ3n) is 3.35. The van der Waals surface area contributed by atoms with Crippen molar-refractivity contribution in [3.63, 3.8) is 0 Å². The minimum absolute atomic E-state index is 0.205. The molecule has 2 heteroatoms. The molecule has 0 unspecified atom stereocenters. The Kier molecular flexibility index (Phi) is 6.78. The fraction of sp³-hybridized carbons (Fsp3) is 0.647. The maximum Gasteiger partial charge on any atom is 0.122 e. The van der Waals surface area contributed by atoms with Crippen LogP contribution in [0.1, 0.15) is 57.6 Å². The Labute approximate surface area is 124 Å². The third kappa shape index (κ3) is 5.90. The van der Waals surface area contributed by atoms with E-state index in [0.29, 0.717) is 0 Å². The van der Waals surface area contributed by atoms with E-state index in [0.717, 1.165) is 24.5 Å². The van der Waals surface area contributed by atoms with Crippen LogP contribution < -0.4 is 4.74 Å². The van der Waals surface area contributed by atoms with Gasteiger partial charge in [-0.2, -0.15) is 12.6 Å². The van der Waals surface area contributed by atoms with Crippen LogP contribution in [0.25, 0.3) is 0 Å². The molecular formula is C17H28OS. The van der Waals surface area contributed by atoms with Crippen LogP contribution >= 0.6 is 12.6 Å². The van der Waals surface area contributed by atoms with E-state index in [4.69, 9.17) is 4.74 Å². The number of unbranched alkanes of at least 4 members (excludes halogenated alkanes) is 3. The molecule has 0 aromatic heterocycles. The van der Waals surface area contributed by atoms with Gasteiger partial charge >= 0.3 is 0 Å². The Balaban J connectivity index is 2.43. The van der Waals surface area contributed by atoms with Gasteiger partial charge in [0, 0.05) is 0 Å². The smallest absolute Gasteiger partial charge is 0.122 e. The minimum Gasteiger partial charge on any atom is -0.493 e. The molecule has 0 heterocycles. The molecule has 19 heavy (non-hydrogen) atoms. The maximum absolute atomic E-state index is 5.87. The zero-order valence-electron chi connectivity index (χ0n) is 12.8. The van der Waals surface area contributed by atoms with Gasteiger partial charge in [-0.15, -0.1) is 0 Å². The molecule has 0 fully saturated rings. The summed E-state index contributed by atoms with van der Waals surface area (Å²) >= 11 is 4.22. The molecule has 0 saturated heterocycles. The van der Waals surface area contributed by atoms with Crippen LogP contribution in [-0.4, -0.2) is 12.4 Å². The quantitative estimate of drug-likeness (QED) is 0.536.